The Bertz CT molecular complexity index is 716. The van der Waals surface area contributed by atoms with E-state index in [9.17, 15) is 8.42 Å². The summed E-state index contributed by atoms with van der Waals surface area (Å²) in [6, 6.07) is 15.8. The van der Waals surface area contributed by atoms with E-state index in [-0.39, 0.29) is 17.7 Å². The van der Waals surface area contributed by atoms with Gasteiger partial charge >= 0.3 is 0 Å². The van der Waals surface area contributed by atoms with Crippen molar-refractivity contribution >= 4 is 21.6 Å². The monoisotopic (exact) mass is 323 g/mol. The first kappa shape index (κ1) is 14.5. The fourth-order valence-electron chi connectivity index (χ4n) is 2.26. The number of halogens is 1. The first-order chi connectivity index (χ1) is 10.1. The number of benzene rings is 2. The Labute approximate surface area is 129 Å². The van der Waals surface area contributed by atoms with E-state index in [0.717, 1.165) is 5.56 Å². The van der Waals surface area contributed by atoms with Crippen LogP contribution < -0.4 is 0 Å². The average Bonchev–Trinajstić information content (AvgIpc) is 2.99. The third-order valence-electron chi connectivity index (χ3n) is 3.41. The Kier molecular flexibility index (Phi) is 3.99. The van der Waals surface area contributed by atoms with Crippen LogP contribution in [-0.2, 0) is 14.8 Å². The molecule has 0 aliphatic carbocycles. The molecule has 1 aliphatic rings. The summed E-state index contributed by atoms with van der Waals surface area (Å²) in [5.74, 6) is 0. The van der Waals surface area contributed by atoms with Gasteiger partial charge in [-0.2, -0.15) is 4.31 Å². The summed E-state index contributed by atoms with van der Waals surface area (Å²) in [5.41, 5.74) is 0.978. The highest BCUT2D eigenvalue weighted by atomic mass is 35.5. The van der Waals surface area contributed by atoms with Crippen LogP contribution in [0, 0.1) is 0 Å². The summed E-state index contributed by atoms with van der Waals surface area (Å²) in [6.45, 7) is 0.374. The van der Waals surface area contributed by atoms with Gasteiger partial charge in [0.05, 0.1) is 11.0 Å². The maximum atomic E-state index is 12.5. The summed E-state index contributed by atoms with van der Waals surface area (Å²) in [4.78, 5) is 0.226. The number of sulfonamides is 1. The number of rotatable bonds is 3. The van der Waals surface area contributed by atoms with Gasteiger partial charge in [0, 0.05) is 11.6 Å². The average molecular weight is 324 g/mol. The molecule has 1 heterocycles. The van der Waals surface area contributed by atoms with Crippen LogP contribution in [0.25, 0.3) is 0 Å². The molecule has 1 unspecified atom stereocenters. The summed E-state index contributed by atoms with van der Waals surface area (Å²) in [5, 5.41) is 0.508. The van der Waals surface area contributed by atoms with E-state index in [1.54, 1.807) is 12.1 Å². The number of nitrogens with zero attached hydrogens (tertiary/aromatic N) is 1. The molecule has 0 radical (unpaired) electrons. The zero-order valence-electron chi connectivity index (χ0n) is 11.1. The van der Waals surface area contributed by atoms with E-state index >= 15 is 0 Å². The Morgan fingerprint density at radius 1 is 1.05 bits per heavy atom. The largest absolute Gasteiger partial charge is 0.356 e. The van der Waals surface area contributed by atoms with E-state index in [4.69, 9.17) is 16.3 Å². The van der Waals surface area contributed by atoms with Gasteiger partial charge in [0.25, 0.3) is 0 Å². The van der Waals surface area contributed by atoms with Crippen molar-refractivity contribution in [3.63, 3.8) is 0 Å². The summed E-state index contributed by atoms with van der Waals surface area (Å²) >= 11 is 5.79. The third-order valence-corrected chi connectivity index (χ3v) is 5.47. The van der Waals surface area contributed by atoms with E-state index in [2.05, 4.69) is 0 Å². The SMILES string of the molecule is O=S(=O)(c1ccc(Cl)cc1)N1COC(c2ccccc2)C1. The van der Waals surface area contributed by atoms with Crippen LogP contribution in [0.2, 0.25) is 5.02 Å². The second-order valence-electron chi connectivity index (χ2n) is 4.79. The topological polar surface area (TPSA) is 46.6 Å². The first-order valence-electron chi connectivity index (χ1n) is 6.49. The predicted octanol–water partition coefficient (Wildman–Crippen LogP) is 3.06. The van der Waals surface area contributed by atoms with Gasteiger partial charge < -0.3 is 4.74 Å². The lowest BCUT2D eigenvalue weighted by atomic mass is 10.1. The fourth-order valence-corrected chi connectivity index (χ4v) is 3.69. The standard InChI is InChI=1S/C15H14ClNO3S/c16-13-6-8-14(9-7-13)21(18,19)17-10-15(20-11-17)12-4-2-1-3-5-12/h1-9,15H,10-11H2. The normalized spacial score (nSPS) is 19.8. The molecule has 2 aromatic rings. The van der Waals surface area contributed by atoms with Crippen LogP contribution in [-0.4, -0.2) is 26.0 Å². The van der Waals surface area contributed by atoms with Crippen LogP contribution >= 0.6 is 11.6 Å². The van der Waals surface area contributed by atoms with Gasteiger partial charge in [-0.3, -0.25) is 0 Å². The molecule has 4 nitrogen and oxygen atoms in total. The van der Waals surface area contributed by atoms with Gasteiger partial charge in [-0.1, -0.05) is 41.9 Å². The molecule has 0 saturated carbocycles. The van der Waals surface area contributed by atoms with Crippen molar-refractivity contribution in [1.82, 2.24) is 4.31 Å². The molecule has 21 heavy (non-hydrogen) atoms. The van der Waals surface area contributed by atoms with Crippen LogP contribution in [0.1, 0.15) is 11.7 Å². The zero-order valence-corrected chi connectivity index (χ0v) is 12.7. The predicted molar refractivity (Wildman–Crippen MR) is 80.5 cm³/mol. The maximum absolute atomic E-state index is 12.5. The Morgan fingerprint density at radius 3 is 2.38 bits per heavy atom. The highest BCUT2D eigenvalue weighted by molar-refractivity contribution is 7.89. The summed E-state index contributed by atoms with van der Waals surface area (Å²) in [6.07, 6.45) is -0.228. The quantitative estimate of drug-likeness (QED) is 0.872. The van der Waals surface area contributed by atoms with Crippen LogP contribution in [0.15, 0.2) is 59.5 Å². The smallest absolute Gasteiger partial charge is 0.245 e. The van der Waals surface area contributed by atoms with Crippen molar-refractivity contribution in [3.05, 3.63) is 65.2 Å². The molecular weight excluding hydrogens is 310 g/mol. The van der Waals surface area contributed by atoms with Gasteiger partial charge in [0.1, 0.15) is 6.73 Å². The van der Waals surface area contributed by atoms with E-state index < -0.39 is 10.0 Å². The van der Waals surface area contributed by atoms with Crippen molar-refractivity contribution in [1.29, 1.82) is 0 Å². The molecule has 0 bridgehead atoms. The molecule has 1 atom stereocenters. The Morgan fingerprint density at radius 2 is 1.71 bits per heavy atom. The zero-order chi connectivity index (χ0) is 14.9. The van der Waals surface area contributed by atoms with Crippen molar-refractivity contribution < 1.29 is 13.2 Å². The fraction of sp³-hybridized carbons (Fsp3) is 0.200. The molecule has 3 rings (SSSR count). The molecule has 0 N–H and O–H groups in total. The van der Waals surface area contributed by atoms with E-state index in [1.807, 2.05) is 30.3 Å². The highest BCUT2D eigenvalue weighted by Gasteiger charge is 2.33. The summed E-state index contributed by atoms with van der Waals surface area (Å²) in [7, 11) is -3.55. The minimum atomic E-state index is -3.55. The molecule has 6 heteroatoms. The molecule has 0 aromatic heterocycles. The van der Waals surface area contributed by atoms with Gasteiger partial charge in [0.2, 0.25) is 10.0 Å². The lowest BCUT2D eigenvalue weighted by Gasteiger charge is -2.14. The van der Waals surface area contributed by atoms with Crippen molar-refractivity contribution in [3.8, 4) is 0 Å². The van der Waals surface area contributed by atoms with Crippen LogP contribution in [0.5, 0.6) is 0 Å². The minimum Gasteiger partial charge on any atom is -0.356 e. The minimum absolute atomic E-state index is 0.0600. The van der Waals surface area contributed by atoms with Gasteiger partial charge in [0.15, 0.2) is 0 Å². The molecule has 1 aliphatic heterocycles. The molecule has 110 valence electrons. The molecular formula is C15H14ClNO3S. The number of hydrogen-bond acceptors (Lipinski definition) is 3. The van der Waals surface area contributed by atoms with Gasteiger partial charge in [-0.05, 0) is 29.8 Å². The highest BCUT2D eigenvalue weighted by Crippen LogP contribution is 2.29. The Balaban J connectivity index is 1.81. The lowest BCUT2D eigenvalue weighted by molar-refractivity contribution is 0.104. The van der Waals surface area contributed by atoms with Gasteiger partial charge in [-0.25, -0.2) is 8.42 Å². The van der Waals surface area contributed by atoms with Crippen molar-refractivity contribution in [2.24, 2.45) is 0 Å². The van der Waals surface area contributed by atoms with E-state index in [0.29, 0.717) is 11.6 Å². The maximum Gasteiger partial charge on any atom is 0.245 e. The number of ether oxygens (including phenoxy) is 1. The van der Waals surface area contributed by atoms with Gasteiger partial charge in [-0.15, -0.1) is 0 Å². The van der Waals surface area contributed by atoms with Crippen molar-refractivity contribution in [2.45, 2.75) is 11.0 Å². The Hall–Kier alpha value is -1.40. The number of hydrogen-bond donors (Lipinski definition) is 0. The first-order valence-corrected chi connectivity index (χ1v) is 8.31. The van der Waals surface area contributed by atoms with Crippen LogP contribution in [0.3, 0.4) is 0 Å². The van der Waals surface area contributed by atoms with Crippen molar-refractivity contribution in [2.75, 3.05) is 13.3 Å². The third kappa shape index (κ3) is 2.96. The lowest BCUT2D eigenvalue weighted by Crippen LogP contribution is -2.28. The second-order valence-corrected chi connectivity index (χ2v) is 7.16. The van der Waals surface area contributed by atoms with E-state index in [1.165, 1.54) is 16.4 Å². The molecule has 1 saturated heterocycles. The molecule has 1 fully saturated rings. The second kappa shape index (κ2) is 5.77. The molecule has 2 aromatic carbocycles. The van der Waals surface area contributed by atoms with Crippen LogP contribution in [0.4, 0.5) is 0 Å². The molecule has 0 spiro atoms. The molecule has 0 amide bonds. The summed E-state index contributed by atoms with van der Waals surface area (Å²) < 4.78 is 32.0.